The molecule has 1 saturated carbocycles. The number of carbonyl (C=O) groups is 2. The molecule has 0 radical (unpaired) electrons. The van der Waals surface area contributed by atoms with E-state index in [0.717, 1.165) is 18.9 Å². The van der Waals surface area contributed by atoms with Gasteiger partial charge in [-0.1, -0.05) is 0 Å². The Balaban J connectivity index is 1.78. The molecule has 0 aromatic heterocycles. The van der Waals surface area contributed by atoms with Gasteiger partial charge in [0.1, 0.15) is 5.82 Å². The minimum Gasteiger partial charge on any atom is -0.399 e. The largest absolute Gasteiger partial charge is 0.399 e. The molecule has 5 nitrogen and oxygen atoms in total. The van der Waals surface area contributed by atoms with E-state index in [1.807, 2.05) is 0 Å². The first-order valence-corrected chi connectivity index (χ1v) is 6.19. The molecule has 102 valence electrons. The van der Waals surface area contributed by atoms with Gasteiger partial charge in [0.2, 0.25) is 5.91 Å². The Morgan fingerprint density at radius 2 is 2.11 bits per heavy atom. The zero-order valence-corrected chi connectivity index (χ0v) is 10.4. The van der Waals surface area contributed by atoms with Gasteiger partial charge in [-0.2, -0.15) is 0 Å². The lowest BCUT2D eigenvalue weighted by Gasteiger charge is -2.07. The molecule has 19 heavy (non-hydrogen) atoms. The number of anilines is 1. The summed E-state index contributed by atoms with van der Waals surface area (Å²) in [6.07, 6.45) is 2.24. The molecule has 0 spiro atoms. The lowest BCUT2D eigenvalue weighted by atomic mass is 10.2. The molecule has 0 aliphatic heterocycles. The highest BCUT2D eigenvalue weighted by Gasteiger charge is 2.22. The third-order valence-corrected chi connectivity index (χ3v) is 2.82. The molecule has 1 aromatic carbocycles. The number of hydrogen-bond acceptors (Lipinski definition) is 3. The molecule has 0 saturated heterocycles. The van der Waals surface area contributed by atoms with Gasteiger partial charge < -0.3 is 16.4 Å². The smallest absolute Gasteiger partial charge is 0.254 e. The van der Waals surface area contributed by atoms with Crippen LogP contribution in [0.5, 0.6) is 0 Å². The van der Waals surface area contributed by atoms with Crippen molar-refractivity contribution >= 4 is 17.5 Å². The Kier molecular flexibility index (Phi) is 3.99. The van der Waals surface area contributed by atoms with Crippen LogP contribution in [0.25, 0.3) is 0 Å². The molecule has 6 heteroatoms. The van der Waals surface area contributed by atoms with Crippen LogP contribution in [-0.2, 0) is 4.79 Å². The predicted octanol–water partition coefficient (Wildman–Crippen LogP) is 0.806. The summed E-state index contributed by atoms with van der Waals surface area (Å²) in [7, 11) is 0. The van der Waals surface area contributed by atoms with Gasteiger partial charge in [0.05, 0.1) is 5.56 Å². The van der Waals surface area contributed by atoms with E-state index in [1.165, 1.54) is 12.1 Å². The van der Waals surface area contributed by atoms with Crippen molar-refractivity contribution in [1.82, 2.24) is 10.6 Å². The van der Waals surface area contributed by atoms with Gasteiger partial charge in [0, 0.05) is 24.7 Å². The fourth-order valence-electron chi connectivity index (χ4n) is 1.63. The van der Waals surface area contributed by atoms with E-state index in [1.54, 1.807) is 0 Å². The van der Waals surface area contributed by atoms with Crippen LogP contribution in [0.2, 0.25) is 0 Å². The number of carbonyl (C=O) groups excluding carboxylic acids is 2. The van der Waals surface area contributed by atoms with Crippen molar-refractivity contribution in [3.63, 3.8) is 0 Å². The molecule has 1 aromatic rings. The van der Waals surface area contributed by atoms with Crippen molar-refractivity contribution in [3.05, 3.63) is 29.6 Å². The van der Waals surface area contributed by atoms with Crippen LogP contribution >= 0.6 is 0 Å². The standard InChI is InChI=1S/C13H16FN3O2/c14-11-7-8(15)1-4-10(11)13(19)16-6-5-12(18)17-9-2-3-9/h1,4,7,9H,2-3,5-6,15H2,(H,16,19)(H,17,18). The fourth-order valence-corrected chi connectivity index (χ4v) is 1.63. The average Bonchev–Trinajstić information content (AvgIpc) is 3.12. The van der Waals surface area contributed by atoms with Gasteiger partial charge in [-0.25, -0.2) is 4.39 Å². The van der Waals surface area contributed by atoms with Gasteiger partial charge in [-0.05, 0) is 31.0 Å². The van der Waals surface area contributed by atoms with Gasteiger partial charge in [0.25, 0.3) is 5.91 Å². The summed E-state index contributed by atoms with van der Waals surface area (Å²) < 4.78 is 13.4. The Labute approximate surface area is 110 Å². The van der Waals surface area contributed by atoms with Crippen molar-refractivity contribution in [1.29, 1.82) is 0 Å². The average molecular weight is 265 g/mol. The second-order valence-electron chi connectivity index (χ2n) is 4.59. The van der Waals surface area contributed by atoms with Crippen molar-refractivity contribution in [3.8, 4) is 0 Å². The first-order valence-electron chi connectivity index (χ1n) is 6.19. The number of benzene rings is 1. The van der Waals surface area contributed by atoms with E-state index in [9.17, 15) is 14.0 Å². The molecule has 1 aliphatic carbocycles. The van der Waals surface area contributed by atoms with Gasteiger partial charge in [-0.15, -0.1) is 0 Å². The molecular formula is C13H16FN3O2. The van der Waals surface area contributed by atoms with Crippen LogP contribution < -0.4 is 16.4 Å². The number of nitrogens with two attached hydrogens (primary N) is 1. The van der Waals surface area contributed by atoms with Crippen LogP contribution in [0, 0.1) is 5.82 Å². The van der Waals surface area contributed by atoms with E-state index in [2.05, 4.69) is 10.6 Å². The second-order valence-corrected chi connectivity index (χ2v) is 4.59. The number of hydrogen-bond donors (Lipinski definition) is 3. The normalized spacial score (nSPS) is 13.9. The zero-order valence-electron chi connectivity index (χ0n) is 10.4. The predicted molar refractivity (Wildman–Crippen MR) is 68.9 cm³/mol. The van der Waals surface area contributed by atoms with Crippen LogP contribution in [0.1, 0.15) is 29.6 Å². The minimum atomic E-state index is -0.667. The lowest BCUT2D eigenvalue weighted by molar-refractivity contribution is -0.121. The maximum Gasteiger partial charge on any atom is 0.254 e. The first-order chi connectivity index (χ1) is 9.06. The number of halogens is 1. The van der Waals surface area contributed by atoms with Crippen LogP contribution in [0.4, 0.5) is 10.1 Å². The molecule has 1 fully saturated rings. The highest BCUT2D eigenvalue weighted by Crippen LogP contribution is 2.18. The maximum atomic E-state index is 13.4. The summed E-state index contributed by atoms with van der Waals surface area (Å²) in [5.41, 5.74) is 5.58. The highest BCUT2D eigenvalue weighted by molar-refractivity contribution is 5.95. The van der Waals surface area contributed by atoms with E-state index >= 15 is 0 Å². The van der Waals surface area contributed by atoms with Crippen molar-refractivity contribution in [2.45, 2.75) is 25.3 Å². The van der Waals surface area contributed by atoms with Gasteiger partial charge in [-0.3, -0.25) is 9.59 Å². The Morgan fingerprint density at radius 3 is 2.74 bits per heavy atom. The topological polar surface area (TPSA) is 84.2 Å². The van der Waals surface area contributed by atoms with E-state index in [0.29, 0.717) is 6.04 Å². The third kappa shape index (κ3) is 3.94. The van der Waals surface area contributed by atoms with Gasteiger partial charge >= 0.3 is 0 Å². The third-order valence-electron chi connectivity index (χ3n) is 2.82. The zero-order chi connectivity index (χ0) is 13.8. The minimum absolute atomic E-state index is 0.0724. The summed E-state index contributed by atoms with van der Waals surface area (Å²) in [6, 6.07) is 4.18. The molecular weight excluding hydrogens is 249 g/mol. The Bertz CT molecular complexity index is 501. The Morgan fingerprint density at radius 1 is 1.37 bits per heavy atom. The van der Waals surface area contributed by atoms with Crippen LogP contribution in [-0.4, -0.2) is 24.4 Å². The molecule has 4 N–H and O–H groups in total. The molecule has 0 heterocycles. The quantitative estimate of drug-likeness (QED) is 0.689. The fraction of sp³-hybridized carbons (Fsp3) is 0.385. The molecule has 2 amide bonds. The Hall–Kier alpha value is -2.11. The van der Waals surface area contributed by atoms with Crippen molar-refractivity contribution in [2.24, 2.45) is 0 Å². The maximum absolute atomic E-state index is 13.4. The summed E-state index contributed by atoms with van der Waals surface area (Å²) in [5, 5.41) is 5.31. The number of amides is 2. The first kappa shape index (κ1) is 13.3. The molecule has 2 rings (SSSR count). The summed E-state index contributed by atoms with van der Waals surface area (Å²) in [5.74, 6) is -1.31. The molecule has 0 bridgehead atoms. The summed E-state index contributed by atoms with van der Waals surface area (Å²) in [4.78, 5) is 23.0. The highest BCUT2D eigenvalue weighted by atomic mass is 19.1. The summed E-state index contributed by atoms with van der Waals surface area (Å²) >= 11 is 0. The van der Waals surface area contributed by atoms with Crippen LogP contribution in [0.15, 0.2) is 18.2 Å². The van der Waals surface area contributed by atoms with Crippen molar-refractivity contribution < 1.29 is 14.0 Å². The summed E-state index contributed by atoms with van der Waals surface area (Å²) in [6.45, 7) is 0.182. The molecule has 0 atom stereocenters. The SMILES string of the molecule is Nc1ccc(C(=O)NCCC(=O)NC2CC2)c(F)c1. The lowest BCUT2D eigenvalue weighted by Crippen LogP contribution is -2.32. The van der Waals surface area contributed by atoms with E-state index < -0.39 is 11.7 Å². The number of nitrogen functional groups attached to an aromatic ring is 1. The molecule has 1 aliphatic rings. The van der Waals surface area contributed by atoms with E-state index in [-0.39, 0.29) is 30.1 Å². The number of rotatable bonds is 5. The van der Waals surface area contributed by atoms with Crippen molar-refractivity contribution in [2.75, 3.05) is 12.3 Å². The number of nitrogens with one attached hydrogen (secondary N) is 2. The monoisotopic (exact) mass is 265 g/mol. The van der Waals surface area contributed by atoms with Gasteiger partial charge in [0.15, 0.2) is 0 Å². The van der Waals surface area contributed by atoms with E-state index in [4.69, 9.17) is 5.73 Å². The second kappa shape index (κ2) is 5.69. The van der Waals surface area contributed by atoms with Crippen LogP contribution in [0.3, 0.4) is 0 Å². The molecule has 0 unspecified atom stereocenters.